The lowest BCUT2D eigenvalue weighted by atomic mass is 10.1. The fourth-order valence-electron chi connectivity index (χ4n) is 1.80. The number of anilines is 1. The van der Waals surface area contributed by atoms with E-state index in [1.165, 1.54) is 30.5 Å². The maximum absolute atomic E-state index is 13.4. The number of nitrogens with zero attached hydrogens (tertiary/aromatic N) is 2. The van der Waals surface area contributed by atoms with Crippen molar-refractivity contribution in [3.8, 4) is 0 Å². The molecule has 0 atom stereocenters. The third-order valence-corrected chi connectivity index (χ3v) is 3.06. The molecule has 0 aliphatic rings. The molecular weight excluding hydrogens is 277 g/mol. The highest BCUT2D eigenvalue weighted by Crippen LogP contribution is 2.28. The van der Waals surface area contributed by atoms with Gasteiger partial charge in [0, 0.05) is 12.3 Å². The zero-order chi connectivity index (χ0) is 15.6. The van der Waals surface area contributed by atoms with Crippen LogP contribution in [0.5, 0.6) is 0 Å². The van der Waals surface area contributed by atoms with E-state index in [1.807, 2.05) is 0 Å². The molecule has 1 N–H and O–H groups in total. The summed E-state index contributed by atoms with van der Waals surface area (Å²) in [4.78, 5) is 25.8. The molecule has 2 aromatic rings. The Morgan fingerprint density at radius 3 is 2.62 bits per heavy atom. The number of pyridine rings is 1. The maximum atomic E-state index is 13.4. The second kappa shape index (κ2) is 5.66. The van der Waals surface area contributed by atoms with E-state index in [0.717, 1.165) is 11.1 Å². The van der Waals surface area contributed by atoms with Crippen LogP contribution in [0.4, 0.5) is 15.8 Å². The van der Waals surface area contributed by atoms with Crippen LogP contribution in [0.15, 0.2) is 30.5 Å². The van der Waals surface area contributed by atoms with Crippen molar-refractivity contribution in [2.45, 2.75) is 13.8 Å². The Bertz CT molecular complexity index is 731. The first kappa shape index (κ1) is 14.6. The van der Waals surface area contributed by atoms with E-state index < -0.39 is 16.8 Å². The fraction of sp³-hybridized carbons (Fsp3) is 0.143. The molecule has 0 aliphatic carbocycles. The largest absolute Gasteiger partial charge is 0.316 e. The van der Waals surface area contributed by atoms with Crippen LogP contribution in [0.25, 0.3) is 0 Å². The van der Waals surface area contributed by atoms with Crippen LogP contribution in [-0.4, -0.2) is 15.8 Å². The van der Waals surface area contributed by atoms with Crippen molar-refractivity contribution in [2.75, 3.05) is 5.32 Å². The van der Waals surface area contributed by atoms with E-state index in [-0.39, 0.29) is 16.9 Å². The van der Waals surface area contributed by atoms with Gasteiger partial charge in [0.1, 0.15) is 5.69 Å². The van der Waals surface area contributed by atoms with Crippen LogP contribution in [-0.2, 0) is 0 Å². The van der Waals surface area contributed by atoms with E-state index in [1.54, 1.807) is 13.8 Å². The molecule has 6 nitrogen and oxygen atoms in total. The zero-order valence-corrected chi connectivity index (χ0v) is 11.4. The molecule has 1 aromatic heterocycles. The van der Waals surface area contributed by atoms with Crippen molar-refractivity contribution in [3.63, 3.8) is 0 Å². The average molecular weight is 289 g/mol. The van der Waals surface area contributed by atoms with Crippen LogP contribution in [0.1, 0.15) is 21.5 Å². The second-order valence-electron chi connectivity index (χ2n) is 4.51. The molecular formula is C14H12FN3O3. The van der Waals surface area contributed by atoms with Gasteiger partial charge in [-0.15, -0.1) is 0 Å². The minimum atomic E-state index is -0.929. The Morgan fingerprint density at radius 2 is 2.00 bits per heavy atom. The fourth-order valence-corrected chi connectivity index (χ4v) is 1.80. The third-order valence-electron chi connectivity index (χ3n) is 3.06. The molecule has 0 spiro atoms. The van der Waals surface area contributed by atoms with Crippen LogP contribution >= 0.6 is 0 Å². The summed E-state index contributed by atoms with van der Waals surface area (Å²) in [6.07, 6.45) is 1.21. The first-order valence-electron chi connectivity index (χ1n) is 6.07. The van der Waals surface area contributed by atoms with E-state index in [0.29, 0.717) is 0 Å². The number of hydrogen-bond donors (Lipinski definition) is 1. The Kier molecular flexibility index (Phi) is 3.93. The first-order chi connectivity index (χ1) is 9.90. The van der Waals surface area contributed by atoms with Gasteiger partial charge in [0.2, 0.25) is 5.95 Å². The highest BCUT2D eigenvalue weighted by Gasteiger charge is 2.20. The molecule has 1 amide bonds. The molecule has 0 fully saturated rings. The van der Waals surface area contributed by atoms with Gasteiger partial charge < -0.3 is 5.32 Å². The number of carbonyl (C=O) groups is 1. The summed E-state index contributed by atoms with van der Waals surface area (Å²) in [6, 6.07) is 5.52. The Balaban J connectivity index is 2.40. The number of aryl methyl sites for hydroxylation is 2. The Hall–Kier alpha value is -2.83. The quantitative estimate of drug-likeness (QED) is 0.534. The van der Waals surface area contributed by atoms with Crippen molar-refractivity contribution in [1.29, 1.82) is 0 Å². The SMILES string of the molecule is Cc1cc(NC(=O)c2cccnc2F)c([N+](=O)[O-])cc1C. The number of nitro benzene ring substituents is 1. The van der Waals surface area contributed by atoms with Gasteiger partial charge in [0.05, 0.1) is 10.5 Å². The van der Waals surface area contributed by atoms with Crippen LogP contribution < -0.4 is 5.32 Å². The summed E-state index contributed by atoms with van der Waals surface area (Å²) in [5.41, 5.74) is 1.02. The van der Waals surface area contributed by atoms with Crippen molar-refractivity contribution in [1.82, 2.24) is 4.98 Å². The number of halogens is 1. The molecule has 21 heavy (non-hydrogen) atoms. The molecule has 0 bridgehead atoms. The lowest BCUT2D eigenvalue weighted by Crippen LogP contribution is -2.15. The van der Waals surface area contributed by atoms with Gasteiger partial charge in [-0.3, -0.25) is 14.9 Å². The van der Waals surface area contributed by atoms with Gasteiger partial charge in [-0.2, -0.15) is 4.39 Å². The smallest absolute Gasteiger partial charge is 0.293 e. The number of amides is 1. The standard InChI is InChI=1S/C14H12FN3O3/c1-8-6-11(12(18(20)21)7-9(8)2)17-14(19)10-4-3-5-16-13(10)15/h3-7H,1-2H3,(H,17,19). The molecule has 0 unspecified atom stereocenters. The van der Waals surface area contributed by atoms with Gasteiger partial charge in [0.15, 0.2) is 0 Å². The minimum absolute atomic E-state index is 0.0244. The van der Waals surface area contributed by atoms with Crippen LogP contribution in [0.2, 0.25) is 0 Å². The number of nitrogens with one attached hydrogen (secondary N) is 1. The normalized spacial score (nSPS) is 10.2. The zero-order valence-electron chi connectivity index (χ0n) is 11.4. The molecule has 1 heterocycles. The predicted molar refractivity (Wildman–Crippen MR) is 74.7 cm³/mol. The van der Waals surface area contributed by atoms with E-state index in [4.69, 9.17) is 0 Å². The number of carbonyl (C=O) groups excluding carboxylic acids is 1. The summed E-state index contributed by atoms with van der Waals surface area (Å²) < 4.78 is 13.4. The molecule has 108 valence electrons. The number of hydrogen-bond acceptors (Lipinski definition) is 4. The highest BCUT2D eigenvalue weighted by molar-refractivity contribution is 6.05. The lowest BCUT2D eigenvalue weighted by Gasteiger charge is -2.09. The molecule has 7 heteroatoms. The number of aromatic nitrogens is 1. The maximum Gasteiger partial charge on any atom is 0.293 e. The van der Waals surface area contributed by atoms with Crippen molar-refractivity contribution in [3.05, 3.63) is 63.2 Å². The second-order valence-corrected chi connectivity index (χ2v) is 4.51. The molecule has 1 aromatic carbocycles. The first-order valence-corrected chi connectivity index (χ1v) is 6.07. The van der Waals surface area contributed by atoms with Crippen molar-refractivity contribution < 1.29 is 14.1 Å². The van der Waals surface area contributed by atoms with Gasteiger partial charge in [-0.25, -0.2) is 4.98 Å². The van der Waals surface area contributed by atoms with Gasteiger partial charge in [-0.1, -0.05) is 0 Å². The lowest BCUT2D eigenvalue weighted by molar-refractivity contribution is -0.384. The molecule has 0 radical (unpaired) electrons. The van der Waals surface area contributed by atoms with Gasteiger partial charge in [-0.05, 0) is 43.2 Å². The predicted octanol–water partition coefficient (Wildman–Crippen LogP) is 3.00. The number of benzene rings is 1. The number of rotatable bonds is 3. The van der Waals surface area contributed by atoms with E-state index >= 15 is 0 Å². The summed E-state index contributed by atoms with van der Waals surface area (Å²) >= 11 is 0. The third kappa shape index (κ3) is 3.02. The highest BCUT2D eigenvalue weighted by atomic mass is 19.1. The number of nitro groups is 1. The van der Waals surface area contributed by atoms with E-state index in [9.17, 15) is 19.3 Å². The van der Waals surface area contributed by atoms with Crippen molar-refractivity contribution in [2.24, 2.45) is 0 Å². The van der Waals surface area contributed by atoms with E-state index in [2.05, 4.69) is 10.3 Å². The summed E-state index contributed by atoms with van der Waals surface area (Å²) in [5, 5.41) is 13.4. The van der Waals surface area contributed by atoms with Crippen molar-refractivity contribution >= 4 is 17.3 Å². The molecule has 0 saturated heterocycles. The van der Waals surface area contributed by atoms with Gasteiger partial charge in [0.25, 0.3) is 11.6 Å². The van der Waals surface area contributed by atoms with Crippen LogP contribution in [0.3, 0.4) is 0 Å². The minimum Gasteiger partial charge on any atom is -0.316 e. The molecule has 0 saturated carbocycles. The Labute approximate surface area is 119 Å². The monoisotopic (exact) mass is 289 g/mol. The average Bonchev–Trinajstić information content (AvgIpc) is 2.42. The summed E-state index contributed by atoms with van der Waals surface area (Å²) in [5.74, 6) is -1.71. The molecule has 0 aliphatic heterocycles. The molecule has 2 rings (SSSR count). The Morgan fingerprint density at radius 1 is 1.33 bits per heavy atom. The van der Waals surface area contributed by atoms with Gasteiger partial charge >= 0.3 is 0 Å². The van der Waals surface area contributed by atoms with Crippen LogP contribution in [0, 0.1) is 29.9 Å². The summed E-state index contributed by atoms with van der Waals surface area (Å²) in [6.45, 7) is 3.49. The summed E-state index contributed by atoms with van der Waals surface area (Å²) in [7, 11) is 0. The topological polar surface area (TPSA) is 85.1 Å².